The van der Waals surface area contributed by atoms with E-state index in [9.17, 15) is 14.4 Å². The Hall–Kier alpha value is -4.10. The summed E-state index contributed by atoms with van der Waals surface area (Å²) < 4.78 is 16.1. The highest BCUT2D eigenvalue weighted by Gasteiger charge is 2.24. The summed E-state index contributed by atoms with van der Waals surface area (Å²) >= 11 is 6.44. The van der Waals surface area contributed by atoms with Crippen molar-refractivity contribution in [2.24, 2.45) is 0 Å². The van der Waals surface area contributed by atoms with E-state index in [0.29, 0.717) is 23.8 Å². The summed E-state index contributed by atoms with van der Waals surface area (Å²) in [7, 11) is 0. The van der Waals surface area contributed by atoms with Crippen LogP contribution in [0.25, 0.3) is 22.1 Å². The van der Waals surface area contributed by atoms with Gasteiger partial charge in [0, 0.05) is 17.5 Å². The maximum Gasteiger partial charge on any atom is 0.408 e. The van der Waals surface area contributed by atoms with Crippen LogP contribution in [0.5, 0.6) is 5.75 Å². The van der Waals surface area contributed by atoms with Gasteiger partial charge in [-0.15, -0.1) is 0 Å². The van der Waals surface area contributed by atoms with E-state index < -0.39 is 23.7 Å². The fourth-order valence-corrected chi connectivity index (χ4v) is 3.92. The first-order valence-corrected chi connectivity index (χ1v) is 11.8. The van der Waals surface area contributed by atoms with Gasteiger partial charge < -0.3 is 19.2 Å². The number of esters is 1. The zero-order chi connectivity index (χ0) is 25.5. The smallest absolute Gasteiger partial charge is 0.408 e. The van der Waals surface area contributed by atoms with Gasteiger partial charge in [0.1, 0.15) is 18.2 Å². The summed E-state index contributed by atoms with van der Waals surface area (Å²) in [4.78, 5) is 37.4. The average Bonchev–Trinajstić information content (AvgIpc) is 2.88. The van der Waals surface area contributed by atoms with Crippen LogP contribution in [0.1, 0.15) is 25.3 Å². The molecule has 1 aromatic heterocycles. The number of ether oxygens (including phenoxy) is 2. The van der Waals surface area contributed by atoms with Gasteiger partial charge >= 0.3 is 17.7 Å². The molecule has 4 rings (SSSR count). The van der Waals surface area contributed by atoms with Crippen molar-refractivity contribution in [3.63, 3.8) is 0 Å². The normalized spacial score (nSPS) is 11.6. The Morgan fingerprint density at radius 2 is 1.69 bits per heavy atom. The Balaban J connectivity index is 1.52. The van der Waals surface area contributed by atoms with Crippen LogP contribution in [-0.4, -0.2) is 18.1 Å². The number of benzene rings is 3. The lowest BCUT2D eigenvalue weighted by molar-refractivity contribution is -0.136. The summed E-state index contributed by atoms with van der Waals surface area (Å²) in [6.45, 7) is 1.94. The number of fused-ring (bicyclic) bond motifs is 1. The topological polar surface area (TPSA) is 94.8 Å². The third-order valence-electron chi connectivity index (χ3n) is 5.46. The van der Waals surface area contributed by atoms with Gasteiger partial charge in [0.2, 0.25) is 0 Å². The molecule has 1 heterocycles. The number of halogens is 1. The van der Waals surface area contributed by atoms with Crippen LogP contribution in [0.3, 0.4) is 0 Å². The largest absolute Gasteiger partial charge is 0.445 e. The number of hydrogen-bond donors (Lipinski definition) is 1. The third-order valence-corrected chi connectivity index (χ3v) is 5.75. The summed E-state index contributed by atoms with van der Waals surface area (Å²) in [6, 6.07) is 22.0. The lowest BCUT2D eigenvalue weighted by Gasteiger charge is -2.17. The highest BCUT2D eigenvalue weighted by atomic mass is 35.5. The van der Waals surface area contributed by atoms with Crippen LogP contribution in [0.15, 0.2) is 88.1 Å². The van der Waals surface area contributed by atoms with Gasteiger partial charge in [-0.05, 0) is 29.2 Å². The molecule has 4 aromatic rings. The highest BCUT2D eigenvalue weighted by molar-refractivity contribution is 6.33. The quantitative estimate of drug-likeness (QED) is 0.176. The summed E-state index contributed by atoms with van der Waals surface area (Å²) in [6.07, 6.45) is 0.203. The molecule has 0 aliphatic rings. The van der Waals surface area contributed by atoms with E-state index in [1.807, 2.05) is 67.6 Å². The fourth-order valence-electron chi connectivity index (χ4n) is 3.72. The van der Waals surface area contributed by atoms with Crippen LogP contribution in [0.2, 0.25) is 5.02 Å². The van der Waals surface area contributed by atoms with Crippen molar-refractivity contribution in [1.82, 2.24) is 5.32 Å². The van der Waals surface area contributed by atoms with Crippen LogP contribution >= 0.6 is 11.6 Å². The van der Waals surface area contributed by atoms with Gasteiger partial charge in [0.15, 0.2) is 5.75 Å². The molecule has 36 heavy (non-hydrogen) atoms. The summed E-state index contributed by atoms with van der Waals surface area (Å²) in [5.74, 6) is -0.695. The molecule has 0 bridgehead atoms. The monoisotopic (exact) mass is 505 g/mol. The average molecular weight is 506 g/mol. The molecule has 3 aromatic carbocycles. The molecular weight excluding hydrogens is 482 g/mol. The predicted octanol–water partition coefficient (Wildman–Crippen LogP) is 6.11. The van der Waals surface area contributed by atoms with E-state index in [0.717, 1.165) is 11.1 Å². The van der Waals surface area contributed by atoms with E-state index in [-0.39, 0.29) is 23.0 Å². The molecule has 1 amide bonds. The van der Waals surface area contributed by atoms with E-state index in [1.165, 1.54) is 12.1 Å². The van der Waals surface area contributed by atoms with Gasteiger partial charge in [-0.3, -0.25) is 0 Å². The molecule has 0 radical (unpaired) electrons. The molecule has 184 valence electrons. The van der Waals surface area contributed by atoms with Crippen LogP contribution in [0.4, 0.5) is 4.79 Å². The molecule has 0 saturated heterocycles. The maximum atomic E-state index is 12.9. The van der Waals surface area contributed by atoms with Gasteiger partial charge in [-0.25, -0.2) is 14.4 Å². The number of amides is 1. The van der Waals surface area contributed by atoms with Gasteiger partial charge in [0.25, 0.3) is 0 Å². The van der Waals surface area contributed by atoms with Crippen molar-refractivity contribution >= 4 is 34.6 Å². The van der Waals surface area contributed by atoms with Crippen molar-refractivity contribution in [2.45, 2.75) is 32.4 Å². The fraction of sp³-hybridized carbons (Fsp3) is 0.179. The second-order valence-corrected chi connectivity index (χ2v) is 8.50. The molecule has 7 nitrogen and oxygen atoms in total. The Kier molecular flexibility index (Phi) is 8.02. The lowest BCUT2D eigenvalue weighted by atomic mass is 10.0. The first-order valence-electron chi connectivity index (χ1n) is 11.5. The second kappa shape index (κ2) is 11.6. The van der Waals surface area contributed by atoms with Crippen molar-refractivity contribution in [3.05, 3.63) is 99.9 Å². The molecule has 0 spiro atoms. The molecule has 0 saturated carbocycles. The number of alkyl carbamates (subject to hydrolysis) is 1. The zero-order valence-corrected chi connectivity index (χ0v) is 20.3. The molecule has 0 aliphatic heterocycles. The Labute approximate surface area is 212 Å². The van der Waals surface area contributed by atoms with Gasteiger partial charge in [0.05, 0.1) is 5.02 Å². The first kappa shape index (κ1) is 25.0. The molecule has 0 aliphatic carbocycles. The molecule has 0 fully saturated rings. The Morgan fingerprint density at radius 3 is 2.39 bits per heavy atom. The van der Waals surface area contributed by atoms with E-state index >= 15 is 0 Å². The SMILES string of the molecule is CCCC(NC(=O)OCc1ccccc1)C(=O)Oc1cc2oc(=O)cc(-c3ccccc3)c2cc1Cl. The van der Waals surface area contributed by atoms with Crippen LogP contribution < -0.4 is 15.7 Å². The van der Waals surface area contributed by atoms with Crippen molar-refractivity contribution in [3.8, 4) is 16.9 Å². The van der Waals surface area contributed by atoms with Crippen molar-refractivity contribution < 1.29 is 23.5 Å². The van der Waals surface area contributed by atoms with Crippen LogP contribution in [0, 0.1) is 0 Å². The minimum atomic E-state index is -0.951. The van der Waals surface area contributed by atoms with E-state index in [1.54, 1.807) is 6.07 Å². The summed E-state index contributed by atoms with van der Waals surface area (Å²) in [5, 5.41) is 3.30. The Morgan fingerprint density at radius 1 is 1.00 bits per heavy atom. The second-order valence-electron chi connectivity index (χ2n) is 8.09. The molecule has 8 heteroatoms. The zero-order valence-electron chi connectivity index (χ0n) is 19.5. The summed E-state index contributed by atoms with van der Waals surface area (Å²) in [5.41, 5.74) is 1.95. The molecule has 1 N–H and O–H groups in total. The van der Waals surface area contributed by atoms with Gasteiger partial charge in [-0.2, -0.15) is 0 Å². The number of hydrogen-bond acceptors (Lipinski definition) is 6. The highest BCUT2D eigenvalue weighted by Crippen LogP contribution is 2.35. The standard InChI is InChI=1S/C28H24ClNO6/c1-2-9-23(30-28(33)34-17-18-10-5-3-6-11-18)27(32)36-25-16-24-21(14-22(25)29)20(15-26(31)35-24)19-12-7-4-8-13-19/h3-8,10-16,23H,2,9,17H2,1H3,(H,30,33). The van der Waals surface area contributed by atoms with E-state index in [4.69, 9.17) is 25.5 Å². The van der Waals surface area contributed by atoms with E-state index in [2.05, 4.69) is 5.32 Å². The number of nitrogens with one attached hydrogen (secondary N) is 1. The number of carbonyl (C=O) groups excluding carboxylic acids is 2. The lowest BCUT2D eigenvalue weighted by Crippen LogP contribution is -2.43. The number of rotatable bonds is 8. The minimum Gasteiger partial charge on any atom is -0.445 e. The van der Waals surface area contributed by atoms with Gasteiger partial charge in [-0.1, -0.05) is 85.6 Å². The number of carbonyl (C=O) groups is 2. The molecular formula is C28H24ClNO6. The minimum absolute atomic E-state index is 0.0167. The Bertz CT molecular complexity index is 1420. The predicted molar refractivity (Wildman–Crippen MR) is 137 cm³/mol. The maximum absolute atomic E-state index is 12.9. The van der Waals surface area contributed by atoms with Crippen LogP contribution in [-0.2, 0) is 16.1 Å². The third kappa shape index (κ3) is 6.12. The molecule has 1 unspecified atom stereocenters. The van der Waals surface area contributed by atoms with Crippen molar-refractivity contribution in [2.75, 3.05) is 0 Å². The molecule has 1 atom stereocenters. The first-order chi connectivity index (χ1) is 17.4. The van der Waals surface area contributed by atoms with Crippen molar-refractivity contribution in [1.29, 1.82) is 0 Å².